The largest absolute Gasteiger partial charge is 0.504 e. The second-order valence-corrected chi connectivity index (χ2v) is 7.76. The van der Waals surface area contributed by atoms with E-state index >= 15 is 0 Å². The normalized spacial score (nSPS) is 40.0. The fraction of sp³-hybridized carbons (Fsp3) is 0.579. The van der Waals surface area contributed by atoms with Crippen molar-refractivity contribution < 1.29 is 14.9 Å². The molecule has 2 bridgehead atoms. The molecule has 4 nitrogen and oxygen atoms in total. The summed E-state index contributed by atoms with van der Waals surface area (Å²) in [5.74, 6) is 1.27. The number of likely N-dealkylation sites (N-methyl/N-ethyl adjacent to an activating group) is 1. The van der Waals surface area contributed by atoms with E-state index in [0.717, 1.165) is 24.9 Å². The summed E-state index contributed by atoms with van der Waals surface area (Å²) in [7, 11) is 2.20. The Morgan fingerprint density at radius 3 is 2.83 bits per heavy atom. The summed E-state index contributed by atoms with van der Waals surface area (Å²) in [5, 5.41) is 21.3. The van der Waals surface area contributed by atoms with Crippen LogP contribution in [-0.2, 0) is 11.8 Å². The molecule has 2 N–H and O–H groups in total. The van der Waals surface area contributed by atoms with E-state index in [9.17, 15) is 10.2 Å². The number of likely N-dealkylation sites (tertiary alicyclic amines) is 1. The zero-order chi connectivity index (χ0) is 16.1. The first-order valence-electron chi connectivity index (χ1n) is 8.55. The van der Waals surface area contributed by atoms with Crippen molar-refractivity contribution in [2.24, 2.45) is 5.92 Å². The van der Waals surface area contributed by atoms with Crippen LogP contribution in [0.25, 0.3) is 0 Å². The molecule has 0 amide bonds. The minimum atomic E-state index is -0.603. The molecule has 5 rings (SSSR count). The summed E-state index contributed by atoms with van der Waals surface area (Å²) in [5.41, 5.74) is 4.46. The van der Waals surface area contributed by atoms with Gasteiger partial charge in [-0.05, 0) is 57.0 Å². The van der Waals surface area contributed by atoms with Crippen molar-refractivity contribution in [1.82, 2.24) is 4.90 Å². The summed E-state index contributed by atoms with van der Waals surface area (Å²) in [6, 6.07) is 0.444. The number of piperidine rings is 1. The van der Waals surface area contributed by atoms with Gasteiger partial charge < -0.3 is 19.8 Å². The van der Waals surface area contributed by atoms with Crippen LogP contribution < -0.4 is 4.74 Å². The molecule has 23 heavy (non-hydrogen) atoms. The standard InChI is InChI=1S/C19H23NO3/c1-9-10(2)16(22)17-15-11(9)8-13-12-4-5-14(21)18(23-17)19(12,15)6-7-20(13)3/h4-5,12-14,18,21-22H,6-8H2,1-3H3/t12-,13+,14-,18-,19-/m0/s1. The van der Waals surface area contributed by atoms with E-state index in [1.54, 1.807) is 0 Å². The van der Waals surface area contributed by atoms with E-state index in [4.69, 9.17) is 4.74 Å². The lowest BCUT2D eigenvalue weighted by Gasteiger charge is -2.56. The fourth-order valence-corrected chi connectivity index (χ4v) is 5.69. The summed E-state index contributed by atoms with van der Waals surface area (Å²) < 4.78 is 6.22. The van der Waals surface area contributed by atoms with Crippen LogP contribution in [0.5, 0.6) is 11.5 Å². The van der Waals surface area contributed by atoms with Gasteiger partial charge in [0.15, 0.2) is 11.5 Å². The molecular formula is C19H23NO3. The van der Waals surface area contributed by atoms with Gasteiger partial charge in [-0.3, -0.25) is 0 Å². The highest BCUT2D eigenvalue weighted by atomic mass is 16.5. The van der Waals surface area contributed by atoms with Crippen molar-refractivity contribution in [2.45, 2.75) is 50.4 Å². The summed E-state index contributed by atoms with van der Waals surface area (Å²) >= 11 is 0. The Bertz CT molecular complexity index is 756. The molecule has 122 valence electrons. The third-order valence-corrected chi connectivity index (χ3v) is 7.03. The van der Waals surface area contributed by atoms with Crippen LogP contribution in [0.4, 0.5) is 0 Å². The molecule has 0 radical (unpaired) electrons. The molecule has 1 aromatic rings. The van der Waals surface area contributed by atoms with Crippen LogP contribution in [0.15, 0.2) is 12.2 Å². The van der Waals surface area contributed by atoms with Gasteiger partial charge in [-0.2, -0.15) is 0 Å². The monoisotopic (exact) mass is 313 g/mol. The average molecular weight is 313 g/mol. The number of phenols is 1. The molecule has 4 heteroatoms. The highest BCUT2D eigenvalue weighted by Crippen LogP contribution is 2.63. The maximum Gasteiger partial charge on any atom is 0.166 e. The molecular weight excluding hydrogens is 290 g/mol. The Hall–Kier alpha value is -1.52. The molecule has 1 spiro atoms. The van der Waals surface area contributed by atoms with Crippen molar-refractivity contribution in [3.63, 3.8) is 0 Å². The molecule has 5 atom stereocenters. The molecule has 1 saturated heterocycles. The molecule has 2 heterocycles. The second-order valence-electron chi connectivity index (χ2n) is 7.76. The van der Waals surface area contributed by atoms with Crippen LogP contribution in [0, 0.1) is 19.8 Å². The predicted molar refractivity (Wildman–Crippen MR) is 87.1 cm³/mol. The number of ether oxygens (including phenoxy) is 1. The number of nitrogens with zero attached hydrogens (tertiary/aromatic N) is 1. The molecule has 1 aromatic carbocycles. The smallest absolute Gasteiger partial charge is 0.166 e. The first kappa shape index (κ1) is 13.9. The number of hydrogen-bond acceptors (Lipinski definition) is 4. The third-order valence-electron chi connectivity index (χ3n) is 7.03. The maximum absolute atomic E-state index is 10.7. The number of aliphatic hydroxyl groups excluding tert-OH is 1. The van der Waals surface area contributed by atoms with Crippen molar-refractivity contribution in [3.8, 4) is 11.5 Å². The van der Waals surface area contributed by atoms with Crippen LogP contribution in [0.1, 0.15) is 28.7 Å². The first-order valence-corrected chi connectivity index (χ1v) is 8.55. The van der Waals surface area contributed by atoms with Crippen molar-refractivity contribution in [2.75, 3.05) is 13.6 Å². The fourth-order valence-electron chi connectivity index (χ4n) is 5.69. The maximum atomic E-state index is 10.7. The Morgan fingerprint density at radius 2 is 2.04 bits per heavy atom. The SMILES string of the molecule is Cc1c(C)c2c3c(c1O)O[C@H]1[C@@H](O)C=C[C@H]4[C@@H](C2)N(C)CC[C@@]341. The van der Waals surface area contributed by atoms with Gasteiger partial charge in [0.2, 0.25) is 0 Å². The highest BCUT2D eigenvalue weighted by molar-refractivity contribution is 5.66. The Kier molecular flexibility index (Phi) is 2.48. The van der Waals surface area contributed by atoms with Crippen LogP contribution in [0.3, 0.4) is 0 Å². The second kappa shape index (κ2) is 4.11. The van der Waals surface area contributed by atoms with E-state index < -0.39 is 6.10 Å². The summed E-state index contributed by atoms with van der Waals surface area (Å²) in [6.07, 6.45) is 5.19. The quantitative estimate of drug-likeness (QED) is 0.717. The van der Waals surface area contributed by atoms with Gasteiger partial charge in [0, 0.05) is 22.9 Å². The van der Waals surface area contributed by atoms with E-state index in [1.807, 2.05) is 13.0 Å². The van der Waals surface area contributed by atoms with Crippen LogP contribution in [0.2, 0.25) is 0 Å². The van der Waals surface area contributed by atoms with E-state index in [1.165, 1.54) is 16.7 Å². The number of aromatic hydroxyl groups is 1. The number of phenolic OH excluding ortho intramolecular Hbond substituents is 1. The third kappa shape index (κ3) is 1.37. The molecule has 0 saturated carbocycles. The van der Waals surface area contributed by atoms with Gasteiger partial charge in [-0.1, -0.05) is 12.2 Å². The Balaban J connectivity index is 1.88. The van der Waals surface area contributed by atoms with E-state index in [2.05, 4.69) is 24.9 Å². The number of benzene rings is 1. The van der Waals surface area contributed by atoms with Gasteiger partial charge in [-0.25, -0.2) is 0 Å². The summed E-state index contributed by atoms with van der Waals surface area (Å²) in [4.78, 5) is 2.46. The minimum Gasteiger partial charge on any atom is -0.504 e. The molecule has 1 fully saturated rings. The Labute approximate surface area is 136 Å². The molecule has 4 aliphatic rings. The van der Waals surface area contributed by atoms with E-state index in [0.29, 0.717) is 17.7 Å². The molecule has 2 aliphatic carbocycles. The molecule has 0 aromatic heterocycles. The zero-order valence-corrected chi connectivity index (χ0v) is 13.8. The molecule has 0 unspecified atom stereocenters. The number of hydrogen-bond donors (Lipinski definition) is 2. The van der Waals surface area contributed by atoms with Crippen LogP contribution in [-0.4, -0.2) is 47.0 Å². The van der Waals surface area contributed by atoms with Crippen LogP contribution >= 0.6 is 0 Å². The molecule has 2 aliphatic heterocycles. The Morgan fingerprint density at radius 1 is 1.26 bits per heavy atom. The van der Waals surface area contributed by atoms with Crippen molar-refractivity contribution >= 4 is 0 Å². The average Bonchev–Trinajstić information content (AvgIpc) is 2.88. The first-order chi connectivity index (χ1) is 11.0. The summed E-state index contributed by atoms with van der Waals surface area (Å²) in [6.45, 7) is 5.08. The van der Waals surface area contributed by atoms with E-state index in [-0.39, 0.29) is 17.3 Å². The lowest BCUT2D eigenvalue weighted by molar-refractivity contribution is -0.0454. The lowest BCUT2D eigenvalue weighted by Crippen LogP contribution is -2.64. The van der Waals surface area contributed by atoms with Crippen molar-refractivity contribution in [3.05, 3.63) is 34.4 Å². The topological polar surface area (TPSA) is 52.9 Å². The van der Waals surface area contributed by atoms with Gasteiger partial charge in [0.25, 0.3) is 0 Å². The highest BCUT2D eigenvalue weighted by Gasteiger charge is 2.64. The number of rotatable bonds is 0. The predicted octanol–water partition coefficient (Wildman–Crippen LogP) is 1.81. The minimum absolute atomic E-state index is 0.176. The zero-order valence-electron chi connectivity index (χ0n) is 13.8. The van der Waals surface area contributed by atoms with Gasteiger partial charge in [-0.15, -0.1) is 0 Å². The number of aliphatic hydroxyl groups is 1. The van der Waals surface area contributed by atoms with Gasteiger partial charge in [0.1, 0.15) is 12.2 Å². The lowest BCUT2D eigenvalue weighted by atomic mass is 9.53. The van der Waals surface area contributed by atoms with Crippen molar-refractivity contribution in [1.29, 1.82) is 0 Å². The van der Waals surface area contributed by atoms with Gasteiger partial charge >= 0.3 is 0 Å². The van der Waals surface area contributed by atoms with Gasteiger partial charge in [0.05, 0.1) is 0 Å².